The van der Waals surface area contributed by atoms with Gasteiger partial charge in [-0.05, 0) is 74.8 Å². The molecule has 2 aromatic carbocycles. The number of Topliss-reactive ketones (excluding diaryl/α,β-unsaturated/α-hetero) is 1. The van der Waals surface area contributed by atoms with E-state index in [0.29, 0.717) is 28.4 Å². The minimum atomic E-state index is -0.491. The fraction of sp³-hybridized carbons (Fsp3) is 0.348. The molecule has 0 unspecified atom stereocenters. The maximum Gasteiger partial charge on any atom is 0.411 e. The smallest absolute Gasteiger partial charge is 0.411 e. The number of ketones is 1. The van der Waals surface area contributed by atoms with Crippen molar-refractivity contribution in [1.82, 2.24) is 9.88 Å². The van der Waals surface area contributed by atoms with Crippen molar-refractivity contribution in [3.63, 3.8) is 0 Å². The van der Waals surface area contributed by atoms with Crippen LogP contribution in [-0.2, 0) is 4.74 Å². The molecule has 4 rings (SSSR count). The predicted octanol–water partition coefficient (Wildman–Crippen LogP) is 5.01. The van der Waals surface area contributed by atoms with Gasteiger partial charge in [0, 0.05) is 28.7 Å². The van der Waals surface area contributed by atoms with E-state index in [2.05, 4.69) is 15.2 Å². The molecule has 1 aliphatic rings. The van der Waals surface area contributed by atoms with Gasteiger partial charge < -0.3 is 14.1 Å². The van der Waals surface area contributed by atoms with Crippen molar-refractivity contribution in [2.75, 3.05) is 31.6 Å². The third-order valence-corrected chi connectivity index (χ3v) is 5.77. The van der Waals surface area contributed by atoms with Crippen molar-refractivity contribution in [1.29, 1.82) is 0 Å². The fourth-order valence-corrected chi connectivity index (χ4v) is 3.94. The topological polar surface area (TPSA) is 84.7 Å². The molecular formula is C23H24ClN3O4. The summed E-state index contributed by atoms with van der Waals surface area (Å²) in [5.41, 5.74) is 2.68. The fourth-order valence-electron chi connectivity index (χ4n) is 3.81. The summed E-state index contributed by atoms with van der Waals surface area (Å²) in [5, 5.41) is 3.33. The zero-order chi connectivity index (χ0) is 21.6. The van der Waals surface area contributed by atoms with Gasteiger partial charge in [0.05, 0.1) is 6.61 Å². The lowest BCUT2D eigenvalue weighted by atomic mass is 9.89. The van der Waals surface area contributed by atoms with Gasteiger partial charge in [-0.1, -0.05) is 11.6 Å². The van der Waals surface area contributed by atoms with Gasteiger partial charge in [0.25, 0.3) is 0 Å². The van der Waals surface area contributed by atoms with Crippen molar-refractivity contribution >= 4 is 40.3 Å². The Kier molecular flexibility index (Phi) is 6.84. The Balaban J connectivity index is 1.13. The van der Waals surface area contributed by atoms with Crippen LogP contribution in [0.1, 0.15) is 29.6 Å². The Morgan fingerprint density at radius 2 is 1.94 bits per heavy atom. The number of likely N-dealkylation sites (tertiary alicyclic amines) is 1. The number of benzene rings is 2. The van der Waals surface area contributed by atoms with Crippen LogP contribution in [0.4, 0.5) is 10.5 Å². The largest absolute Gasteiger partial charge is 0.449 e. The van der Waals surface area contributed by atoms with Gasteiger partial charge in [0.2, 0.25) is 0 Å². The van der Waals surface area contributed by atoms with E-state index in [4.69, 9.17) is 20.8 Å². The number of ether oxygens (including phenoxy) is 1. The van der Waals surface area contributed by atoms with Crippen molar-refractivity contribution in [3.05, 3.63) is 59.4 Å². The highest BCUT2D eigenvalue weighted by Crippen LogP contribution is 2.23. The number of rotatable bonds is 7. The van der Waals surface area contributed by atoms with E-state index in [1.807, 2.05) is 0 Å². The van der Waals surface area contributed by atoms with Gasteiger partial charge in [-0.3, -0.25) is 10.1 Å². The quantitative estimate of drug-likeness (QED) is 0.409. The highest BCUT2D eigenvalue weighted by Gasteiger charge is 2.25. The Labute approximate surface area is 185 Å². The SMILES string of the molecule is O=C(Nc1ccc2ocnc2c1)OCCCN1CCC(C(=O)c2ccc(Cl)cc2)CC1. The molecule has 8 heteroatoms. The maximum absolute atomic E-state index is 12.6. The lowest BCUT2D eigenvalue weighted by Gasteiger charge is -2.31. The van der Waals surface area contributed by atoms with Crippen LogP contribution in [0.5, 0.6) is 0 Å². The summed E-state index contributed by atoms with van der Waals surface area (Å²) in [6.45, 7) is 2.91. The summed E-state index contributed by atoms with van der Waals surface area (Å²) in [6.07, 6.45) is 3.30. The summed E-state index contributed by atoms with van der Waals surface area (Å²) in [5.74, 6) is 0.252. The number of fused-ring (bicyclic) bond motifs is 1. The summed E-state index contributed by atoms with van der Waals surface area (Å²) < 4.78 is 10.5. The van der Waals surface area contributed by atoms with Crippen LogP contribution in [0, 0.1) is 5.92 Å². The van der Waals surface area contributed by atoms with Gasteiger partial charge in [0.15, 0.2) is 17.8 Å². The first-order chi connectivity index (χ1) is 15.1. The number of carbonyl (C=O) groups is 2. The average Bonchev–Trinajstić information content (AvgIpc) is 3.25. The van der Waals surface area contributed by atoms with Crippen LogP contribution in [0.2, 0.25) is 5.02 Å². The van der Waals surface area contributed by atoms with Crippen LogP contribution in [0.3, 0.4) is 0 Å². The molecule has 1 aromatic heterocycles. The van der Waals surface area contributed by atoms with Crippen molar-refractivity contribution in [2.24, 2.45) is 5.92 Å². The summed E-state index contributed by atoms with van der Waals surface area (Å²) >= 11 is 5.90. The number of nitrogens with one attached hydrogen (secondary N) is 1. The number of amides is 1. The summed E-state index contributed by atoms with van der Waals surface area (Å²) in [4.78, 5) is 31.0. The Morgan fingerprint density at radius 3 is 2.71 bits per heavy atom. The molecule has 7 nitrogen and oxygen atoms in total. The molecule has 3 aromatic rings. The molecule has 162 valence electrons. The van der Waals surface area contributed by atoms with E-state index >= 15 is 0 Å². The van der Waals surface area contributed by atoms with Crippen molar-refractivity contribution < 1.29 is 18.7 Å². The maximum atomic E-state index is 12.6. The number of aromatic nitrogens is 1. The highest BCUT2D eigenvalue weighted by molar-refractivity contribution is 6.30. The number of halogens is 1. The Bertz CT molecular complexity index is 1040. The van der Waals surface area contributed by atoms with Gasteiger partial charge in [-0.15, -0.1) is 0 Å². The molecule has 31 heavy (non-hydrogen) atoms. The van der Waals surface area contributed by atoms with Crippen LogP contribution in [0.15, 0.2) is 53.3 Å². The Morgan fingerprint density at radius 1 is 1.16 bits per heavy atom. The molecule has 0 saturated carbocycles. The third-order valence-electron chi connectivity index (χ3n) is 5.52. The van der Waals surface area contributed by atoms with Gasteiger partial charge in [-0.25, -0.2) is 9.78 Å². The number of anilines is 1. The van der Waals surface area contributed by atoms with E-state index in [-0.39, 0.29) is 11.7 Å². The van der Waals surface area contributed by atoms with Crippen LogP contribution in [0.25, 0.3) is 11.1 Å². The molecule has 1 amide bonds. The normalized spacial score (nSPS) is 15.1. The van der Waals surface area contributed by atoms with E-state index in [1.165, 1.54) is 6.39 Å². The summed E-state index contributed by atoms with van der Waals surface area (Å²) in [7, 11) is 0. The monoisotopic (exact) mass is 441 g/mol. The summed E-state index contributed by atoms with van der Waals surface area (Å²) in [6, 6.07) is 12.3. The molecule has 1 saturated heterocycles. The van der Waals surface area contributed by atoms with Gasteiger partial charge >= 0.3 is 6.09 Å². The van der Waals surface area contributed by atoms with E-state index in [1.54, 1.807) is 42.5 Å². The molecule has 2 heterocycles. The minimum absolute atomic E-state index is 0.0570. The lowest BCUT2D eigenvalue weighted by Crippen LogP contribution is -2.37. The zero-order valence-electron chi connectivity index (χ0n) is 17.1. The highest BCUT2D eigenvalue weighted by atomic mass is 35.5. The first kappa shape index (κ1) is 21.3. The molecule has 1 fully saturated rings. The number of hydrogen-bond donors (Lipinski definition) is 1. The average molecular weight is 442 g/mol. The number of hydrogen-bond acceptors (Lipinski definition) is 6. The van der Waals surface area contributed by atoms with E-state index in [0.717, 1.165) is 44.5 Å². The first-order valence-electron chi connectivity index (χ1n) is 10.4. The number of piperidine rings is 1. The van der Waals surface area contributed by atoms with Gasteiger partial charge in [0.1, 0.15) is 5.52 Å². The van der Waals surface area contributed by atoms with Crippen LogP contribution >= 0.6 is 11.6 Å². The second-order valence-corrected chi connectivity index (χ2v) is 8.07. The third kappa shape index (κ3) is 5.62. The minimum Gasteiger partial charge on any atom is -0.449 e. The lowest BCUT2D eigenvalue weighted by molar-refractivity contribution is 0.0830. The van der Waals surface area contributed by atoms with Crippen molar-refractivity contribution in [3.8, 4) is 0 Å². The molecule has 0 atom stereocenters. The van der Waals surface area contributed by atoms with Crippen LogP contribution in [-0.4, -0.2) is 48.0 Å². The molecule has 0 aliphatic carbocycles. The molecule has 1 N–H and O–H groups in total. The van der Waals surface area contributed by atoms with Gasteiger partial charge in [-0.2, -0.15) is 0 Å². The Hall–Kier alpha value is -2.90. The van der Waals surface area contributed by atoms with E-state index in [9.17, 15) is 9.59 Å². The molecule has 0 radical (unpaired) electrons. The number of oxazole rings is 1. The predicted molar refractivity (Wildman–Crippen MR) is 119 cm³/mol. The standard InChI is InChI=1S/C23H24ClN3O4/c24-18-4-2-16(3-5-18)22(28)17-8-11-27(12-9-17)10-1-13-30-23(29)26-19-6-7-21-20(14-19)25-15-31-21/h2-7,14-15,17H,1,8-13H2,(H,26,29). The number of nitrogens with zero attached hydrogens (tertiary/aromatic N) is 2. The molecular weight excluding hydrogens is 418 g/mol. The molecule has 0 spiro atoms. The zero-order valence-corrected chi connectivity index (χ0v) is 17.8. The molecule has 1 aliphatic heterocycles. The number of carbonyl (C=O) groups excluding carboxylic acids is 2. The second-order valence-electron chi connectivity index (χ2n) is 7.64. The molecule has 0 bridgehead atoms. The van der Waals surface area contributed by atoms with Crippen molar-refractivity contribution in [2.45, 2.75) is 19.3 Å². The first-order valence-corrected chi connectivity index (χ1v) is 10.8. The second kappa shape index (κ2) is 9.94. The van der Waals surface area contributed by atoms with Crippen LogP contribution < -0.4 is 5.32 Å². The van der Waals surface area contributed by atoms with E-state index < -0.39 is 6.09 Å².